The van der Waals surface area contributed by atoms with Crippen LogP contribution in [0.1, 0.15) is 30.4 Å². The number of amides is 1. The molecule has 0 spiro atoms. The van der Waals surface area contributed by atoms with E-state index in [4.69, 9.17) is 0 Å². The average molecular weight is 371 g/mol. The fourth-order valence-electron chi connectivity index (χ4n) is 3.69. The molecule has 4 nitrogen and oxygen atoms in total. The standard InChI is InChI=1S/C20H22FN3OS/c1-14(2)24-17-7-12-26-19(17)13-18(24)20(25)23-10-8-22(9-11-23)16-6-4-3-5-15(16)21/h3-7,12-14H,8-11H2,1-2H3. The Bertz CT molecular complexity index is 938. The highest BCUT2D eigenvalue weighted by atomic mass is 32.1. The molecule has 0 radical (unpaired) electrons. The summed E-state index contributed by atoms with van der Waals surface area (Å²) in [4.78, 5) is 17.0. The third kappa shape index (κ3) is 2.88. The molecule has 1 fully saturated rings. The van der Waals surface area contributed by atoms with Gasteiger partial charge < -0.3 is 14.4 Å². The molecule has 1 aromatic carbocycles. The maximum Gasteiger partial charge on any atom is 0.270 e. The zero-order valence-corrected chi connectivity index (χ0v) is 15.8. The molecule has 0 saturated carbocycles. The summed E-state index contributed by atoms with van der Waals surface area (Å²) in [6.45, 7) is 6.69. The first-order valence-corrected chi connectivity index (χ1v) is 9.81. The Labute approximate surface area is 156 Å². The number of anilines is 1. The van der Waals surface area contributed by atoms with Gasteiger partial charge in [0.15, 0.2) is 0 Å². The summed E-state index contributed by atoms with van der Waals surface area (Å²) in [5, 5.41) is 2.06. The van der Waals surface area contributed by atoms with Gasteiger partial charge in [-0.05, 0) is 43.5 Å². The number of piperazine rings is 1. The molecule has 1 saturated heterocycles. The summed E-state index contributed by atoms with van der Waals surface area (Å²) in [7, 11) is 0. The van der Waals surface area contributed by atoms with Gasteiger partial charge in [0.25, 0.3) is 5.91 Å². The smallest absolute Gasteiger partial charge is 0.270 e. The monoisotopic (exact) mass is 371 g/mol. The zero-order chi connectivity index (χ0) is 18.3. The van der Waals surface area contributed by atoms with Gasteiger partial charge in [-0.1, -0.05) is 12.1 Å². The normalized spacial score (nSPS) is 15.2. The molecule has 6 heteroatoms. The number of carbonyl (C=O) groups is 1. The fourth-order valence-corrected chi connectivity index (χ4v) is 4.50. The van der Waals surface area contributed by atoms with Crippen LogP contribution in [0, 0.1) is 5.82 Å². The molecule has 0 atom stereocenters. The van der Waals surface area contributed by atoms with E-state index in [0.717, 1.165) is 15.9 Å². The quantitative estimate of drug-likeness (QED) is 0.683. The van der Waals surface area contributed by atoms with Crippen LogP contribution in [-0.2, 0) is 0 Å². The minimum Gasteiger partial charge on any atom is -0.366 e. The highest BCUT2D eigenvalue weighted by molar-refractivity contribution is 7.17. The lowest BCUT2D eigenvalue weighted by Gasteiger charge is -2.36. The molecule has 4 rings (SSSR count). The van der Waals surface area contributed by atoms with E-state index in [-0.39, 0.29) is 17.8 Å². The van der Waals surface area contributed by atoms with Gasteiger partial charge in [-0.2, -0.15) is 0 Å². The number of benzene rings is 1. The molecular weight excluding hydrogens is 349 g/mol. The molecule has 1 aliphatic rings. The van der Waals surface area contributed by atoms with E-state index in [2.05, 4.69) is 29.9 Å². The molecule has 1 aliphatic heterocycles. The van der Waals surface area contributed by atoms with Crippen LogP contribution in [0.3, 0.4) is 0 Å². The Hall–Kier alpha value is -2.34. The van der Waals surface area contributed by atoms with Crippen molar-refractivity contribution in [3.63, 3.8) is 0 Å². The van der Waals surface area contributed by atoms with E-state index in [0.29, 0.717) is 31.9 Å². The van der Waals surface area contributed by atoms with E-state index in [1.54, 1.807) is 23.5 Å². The SMILES string of the molecule is CC(C)n1c(C(=O)N2CCN(c3ccccc3F)CC2)cc2sccc21. The van der Waals surface area contributed by atoms with Crippen molar-refractivity contribution in [3.8, 4) is 0 Å². The van der Waals surface area contributed by atoms with Gasteiger partial charge in [0.05, 0.1) is 15.9 Å². The van der Waals surface area contributed by atoms with Crippen molar-refractivity contribution in [2.75, 3.05) is 31.1 Å². The molecule has 0 bridgehead atoms. The average Bonchev–Trinajstić information content (AvgIpc) is 3.22. The summed E-state index contributed by atoms with van der Waals surface area (Å²) >= 11 is 1.66. The highest BCUT2D eigenvalue weighted by Gasteiger charge is 2.27. The number of nitrogens with zero attached hydrogens (tertiary/aromatic N) is 3. The third-order valence-electron chi connectivity index (χ3n) is 4.96. The summed E-state index contributed by atoms with van der Waals surface area (Å²) < 4.78 is 17.3. The Morgan fingerprint density at radius 2 is 1.85 bits per heavy atom. The summed E-state index contributed by atoms with van der Waals surface area (Å²) in [6, 6.07) is 11.1. The number of rotatable bonds is 3. The second-order valence-electron chi connectivity index (χ2n) is 6.89. The van der Waals surface area contributed by atoms with Crippen LogP contribution in [0.5, 0.6) is 0 Å². The summed E-state index contributed by atoms with van der Waals surface area (Å²) in [5.41, 5.74) is 2.49. The molecule has 26 heavy (non-hydrogen) atoms. The van der Waals surface area contributed by atoms with Crippen molar-refractivity contribution in [3.05, 3.63) is 53.3 Å². The Balaban J connectivity index is 1.53. The second-order valence-corrected chi connectivity index (χ2v) is 7.84. The Morgan fingerprint density at radius 3 is 2.54 bits per heavy atom. The number of halogens is 1. The summed E-state index contributed by atoms with van der Waals surface area (Å²) in [6.07, 6.45) is 0. The van der Waals surface area contributed by atoms with Crippen molar-refractivity contribution >= 4 is 33.1 Å². The van der Waals surface area contributed by atoms with Crippen LogP contribution in [0.4, 0.5) is 10.1 Å². The van der Waals surface area contributed by atoms with Crippen LogP contribution in [-0.4, -0.2) is 41.6 Å². The van der Waals surface area contributed by atoms with Gasteiger partial charge in [-0.3, -0.25) is 4.79 Å². The molecule has 3 aromatic rings. The van der Waals surface area contributed by atoms with Crippen molar-refractivity contribution < 1.29 is 9.18 Å². The first kappa shape index (κ1) is 17.1. The predicted octanol–water partition coefficient (Wildman–Crippen LogP) is 4.39. The second kappa shape index (κ2) is 6.76. The van der Waals surface area contributed by atoms with Crippen molar-refractivity contribution in [1.29, 1.82) is 0 Å². The third-order valence-corrected chi connectivity index (χ3v) is 5.81. The largest absolute Gasteiger partial charge is 0.366 e. The lowest BCUT2D eigenvalue weighted by molar-refractivity contribution is 0.0734. The highest BCUT2D eigenvalue weighted by Crippen LogP contribution is 2.29. The molecule has 1 amide bonds. The predicted molar refractivity (Wildman–Crippen MR) is 105 cm³/mol. The number of fused-ring (bicyclic) bond motifs is 1. The fraction of sp³-hybridized carbons (Fsp3) is 0.350. The molecule has 3 heterocycles. The first-order valence-electron chi connectivity index (χ1n) is 8.93. The first-order chi connectivity index (χ1) is 12.6. The molecule has 2 aromatic heterocycles. The number of carbonyl (C=O) groups excluding carboxylic acids is 1. The number of hydrogen-bond acceptors (Lipinski definition) is 3. The van der Waals surface area contributed by atoms with E-state index >= 15 is 0 Å². The number of para-hydroxylation sites is 1. The van der Waals surface area contributed by atoms with Gasteiger partial charge in [0.2, 0.25) is 0 Å². The lowest BCUT2D eigenvalue weighted by atomic mass is 10.2. The maximum atomic E-state index is 14.0. The van der Waals surface area contributed by atoms with E-state index in [1.807, 2.05) is 21.9 Å². The van der Waals surface area contributed by atoms with Crippen molar-refractivity contribution in [1.82, 2.24) is 9.47 Å². The summed E-state index contributed by atoms with van der Waals surface area (Å²) in [5.74, 6) is -0.142. The molecule has 136 valence electrons. The lowest BCUT2D eigenvalue weighted by Crippen LogP contribution is -2.49. The van der Waals surface area contributed by atoms with Crippen LogP contribution in [0.25, 0.3) is 10.2 Å². The van der Waals surface area contributed by atoms with Crippen LogP contribution in [0.2, 0.25) is 0 Å². The minimum atomic E-state index is -0.207. The molecule has 0 N–H and O–H groups in total. The van der Waals surface area contributed by atoms with Gasteiger partial charge in [-0.15, -0.1) is 11.3 Å². The van der Waals surface area contributed by atoms with Gasteiger partial charge in [-0.25, -0.2) is 4.39 Å². The minimum absolute atomic E-state index is 0.0651. The Kier molecular flexibility index (Phi) is 4.44. The van der Waals surface area contributed by atoms with Crippen molar-refractivity contribution in [2.45, 2.75) is 19.9 Å². The number of thiophene rings is 1. The molecular formula is C20H22FN3OS. The van der Waals surface area contributed by atoms with Crippen LogP contribution in [0.15, 0.2) is 41.8 Å². The van der Waals surface area contributed by atoms with Gasteiger partial charge in [0.1, 0.15) is 11.5 Å². The van der Waals surface area contributed by atoms with E-state index in [1.165, 1.54) is 6.07 Å². The topological polar surface area (TPSA) is 28.5 Å². The van der Waals surface area contributed by atoms with Crippen molar-refractivity contribution in [2.24, 2.45) is 0 Å². The van der Waals surface area contributed by atoms with E-state index < -0.39 is 0 Å². The van der Waals surface area contributed by atoms with Crippen LogP contribution < -0.4 is 4.90 Å². The number of hydrogen-bond donors (Lipinski definition) is 0. The number of aromatic nitrogens is 1. The maximum absolute atomic E-state index is 14.0. The molecule has 0 aliphatic carbocycles. The van der Waals surface area contributed by atoms with Crippen LogP contribution >= 0.6 is 11.3 Å². The molecule has 0 unspecified atom stereocenters. The van der Waals surface area contributed by atoms with E-state index in [9.17, 15) is 9.18 Å². The Morgan fingerprint density at radius 1 is 1.12 bits per heavy atom. The van der Waals surface area contributed by atoms with Gasteiger partial charge in [0, 0.05) is 32.2 Å². The van der Waals surface area contributed by atoms with Gasteiger partial charge >= 0.3 is 0 Å². The zero-order valence-electron chi connectivity index (χ0n) is 15.0.